The molecule has 0 heterocycles. The molecule has 0 saturated heterocycles. The molecule has 0 atom stereocenters. The Balaban J connectivity index is 3.71. The molecule has 0 radical (unpaired) electrons. The first kappa shape index (κ1) is 8.76. The molecule has 0 bridgehead atoms. The first-order chi connectivity index (χ1) is 4.48. The van der Waals surface area contributed by atoms with Crippen molar-refractivity contribution < 1.29 is 9.53 Å². The van der Waals surface area contributed by atoms with Crippen molar-refractivity contribution in [3.8, 4) is 6.07 Å². The first-order valence-corrected chi connectivity index (χ1v) is 2.81. The van der Waals surface area contributed by atoms with E-state index in [2.05, 4.69) is 10.5 Å². The van der Waals surface area contributed by atoms with Gasteiger partial charge in [-0.25, -0.2) is 4.79 Å². The number of carbonyl (C=O) groups excluding carboxylic acids is 1. The van der Waals surface area contributed by atoms with Gasteiger partial charge in [-0.15, -0.1) is 0 Å². The number of hydrogen-bond acceptors (Lipinski definition) is 3. The number of nitrogens with zero attached hydrogens (tertiary/aromatic N) is 1. The van der Waals surface area contributed by atoms with Gasteiger partial charge in [0.15, 0.2) is 0 Å². The van der Waals surface area contributed by atoms with E-state index in [1.807, 2.05) is 6.07 Å². The van der Waals surface area contributed by atoms with Gasteiger partial charge in [0.25, 0.3) is 0 Å². The summed E-state index contributed by atoms with van der Waals surface area (Å²) in [5.74, 6) is 0. The summed E-state index contributed by atoms with van der Waals surface area (Å²) in [7, 11) is 0. The fraction of sp³-hybridized carbons (Fsp3) is 0.667. The van der Waals surface area contributed by atoms with Crippen molar-refractivity contribution in [3.05, 3.63) is 0 Å². The summed E-state index contributed by atoms with van der Waals surface area (Å²) in [5.41, 5.74) is 4.04. The Morgan fingerprint density at radius 1 is 1.80 bits per heavy atom. The Morgan fingerprint density at radius 3 is 2.60 bits per heavy atom. The summed E-state index contributed by atoms with van der Waals surface area (Å²) in [5, 5.41) is 8.42. The number of ether oxygens (including phenoxy) is 1. The molecule has 0 aliphatic heterocycles. The molecule has 0 saturated carbocycles. The molecule has 0 aliphatic rings. The number of rotatable bonds is 2. The summed E-state index contributed by atoms with van der Waals surface area (Å²) >= 11 is 0. The van der Waals surface area contributed by atoms with Crippen LogP contribution in [0.25, 0.3) is 0 Å². The molecule has 56 valence electrons. The zero-order valence-corrected chi connectivity index (χ0v) is 6.05. The molecule has 0 aromatic rings. The van der Waals surface area contributed by atoms with Gasteiger partial charge in [0.05, 0.1) is 11.5 Å². The zero-order chi connectivity index (χ0) is 8.20. The normalized spacial score (nSPS) is 10.1. The van der Waals surface area contributed by atoms with Crippen LogP contribution in [0.4, 0.5) is 4.79 Å². The number of nitrogens with two attached hydrogens (primary N) is 1. The lowest BCUT2D eigenvalue weighted by Gasteiger charge is -2.12. The maximum atomic E-state index is 10.1. The molecule has 0 rings (SSSR count). The smallest absolute Gasteiger partial charge is 0.404 e. The van der Waals surface area contributed by atoms with Crippen LogP contribution in [0, 0.1) is 16.7 Å². The molecule has 10 heavy (non-hydrogen) atoms. The summed E-state index contributed by atoms with van der Waals surface area (Å²) in [6.07, 6.45) is -0.844. The third-order valence-electron chi connectivity index (χ3n) is 0.878. The Labute approximate surface area is 59.6 Å². The van der Waals surface area contributed by atoms with Crippen LogP contribution in [0.1, 0.15) is 13.8 Å². The Hall–Kier alpha value is -1.24. The minimum atomic E-state index is -0.844. The molecule has 4 heteroatoms. The second kappa shape index (κ2) is 3.06. The lowest BCUT2D eigenvalue weighted by molar-refractivity contribution is 0.127. The fourth-order valence-electron chi connectivity index (χ4n) is 0.284. The van der Waals surface area contributed by atoms with Gasteiger partial charge in [-0.1, -0.05) is 0 Å². The maximum Gasteiger partial charge on any atom is 0.404 e. The van der Waals surface area contributed by atoms with E-state index in [-0.39, 0.29) is 6.61 Å². The highest BCUT2D eigenvalue weighted by molar-refractivity contribution is 5.64. The van der Waals surface area contributed by atoms with E-state index < -0.39 is 11.5 Å². The fourth-order valence-corrected chi connectivity index (χ4v) is 0.284. The topological polar surface area (TPSA) is 76.1 Å². The molecule has 0 aromatic carbocycles. The standard InChI is InChI=1S/C6H10N2O2/c1-6(2,3-7)4-10-5(8)9/h4H2,1-2H3,(H2,8,9). The molecule has 1 amide bonds. The van der Waals surface area contributed by atoms with E-state index in [1.54, 1.807) is 13.8 Å². The third-order valence-corrected chi connectivity index (χ3v) is 0.878. The highest BCUT2D eigenvalue weighted by Crippen LogP contribution is 2.12. The second-order valence-corrected chi connectivity index (χ2v) is 2.60. The lowest BCUT2D eigenvalue weighted by Crippen LogP contribution is -2.23. The highest BCUT2D eigenvalue weighted by Gasteiger charge is 2.17. The third kappa shape index (κ3) is 3.72. The summed E-state index contributed by atoms with van der Waals surface area (Å²) in [4.78, 5) is 10.1. The molecule has 0 aliphatic carbocycles. The van der Waals surface area contributed by atoms with Crippen molar-refractivity contribution in [2.45, 2.75) is 13.8 Å². The predicted octanol–water partition coefficient (Wildman–Crippen LogP) is 0.631. The Kier molecular flexibility index (Phi) is 2.68. The molecular formula is C6H10N2O2. The summed E-state index contributed by atoms with van der Waals surface area (Å²) in [6, 6.07) is 1.96. The minimum Gasteiger partial charge on any atom is -0.448 e. The van der Waals surface area contributed by atoms with Gasteiger partial charge < -0.3 is 10.5 Å². The van der Waals surface area contributed by atoms with Crippen molar-refractivity contribution in [2.24, 2.45) is 11.1 Å². The second-order valence-electron chi connectivity index (χ2n) is 2.60. The van der Waals surface area contributed by atoms with Crippen molar-refractivity contribution in [2.75, 3.05) is 6.61 Å². The van der Waals surface area contributed by atoms with Gasteiger partial charge in [-0.2, -0.15) is 5.26 Å². The quantitative estimate of drug-likeness (QED) is 0.614. The van der Waals surface area contributed by atoms with Crippen molar-refractivity contribution >= 4 is 6.09 Å². The van der Waals surface area contributed by atoms with Gasteiger partial charge in [-0.05, 0) is 13.8 Å². The molecule has 2 N–H and O–H groups in total. The van der Waals surface area contributed by atoms with Gasteiger partial charge in [0, 0.05) is 0 Å². The molecule has 0 aromatic heterocycles. The molecule has 4 nitrogen and oxygen atoms in total. The van der Waals surface area contributed by atoms with Crippen LogP contribution in [0.3, 0.4) is 0 Å². The molecule has 0 spiro atoms. The Morgan fingerprint density at radius 2 is 2.30 bits per heavy atom. The average molecular weight is 142 g/mol. The number of amides is 1. The molecular weight excluding hydrogens is 132 g/mol. The van der Waals surface area contributed by atoms with E-state index in [0.29, 0.717) is 0 Å². The van der Waals surface area contributed by atoms with Gasteiger partial charge >= 0.3 is 6.09 Å². The van der Waals surface area contributed by atoms with Crippen LogP contribution in [-0.2, 0) is 4.74 Å². The largest absolute Gasteiger partial charge is 0.448 e. The van der Waals surface area contributed by atoms with Crippen molar-refractivity contribution in [3.63, 3.8) is 0 Å². The molecule has 0 fully saturated rings. The SMILES string of the molecule is CC(C)(C#N)COC(N)=O. The highest BCUT2D eigenvalue weighted by atomic mass is 16.5. The predicted molar refractivity (Wildman–Crippen MR) is 34.9 cm³/mol. The lowest BCUT2D eigenvalue weighted by atomic mass is 9.98. The number of hydrogen-bond donors (Lipinski definition) is 1. The monoisotopic (exact) mass is 142 g/mol. The van der Waals surface area contributed by atoms with Crippen molar-refractivity contribution in [1.82, 2.24) is 0 Å². The van der Waals surface area contributed by atoms with E-state index in [4.69, 9.17) is 5.26 Å². The van der Waals surface area contributed by atoms with E-state index in [9.17, 15) is 4.79 Å². The van der Waals surface area contributed by atoms with Gasteiger partial charge in [0.1, 0.15) is 6.61 Å². The van der Waals surface area contributed by atoms with Crippen LogP contribution < -0.4 is 5.73 Å². The van der Waals surface area contributed by atoms with Crippen LogP contribution in [0.15, 0.2) is 0 Å². The van der Waals surface area contributed by atoms with Crippen LogP contribution in [-0.4, -0.2) is 12.7 Å². The number of nitriles is 1. The average Bonchev–Trinajstić information content (AvgIpc) is 1.85. The number of carbonyl (C=O) groups is 1. The summed E-state index contributed by atoms with van der Waals surface area (Å²) < 4.78 is 4.41. The van der Waals surface area contributed by atoms with Gasteiger partial charge in [0.2, 0.25) is 0 Å². The van der Waals surface area contributed by atoms with Crippen molar-refractivity contribution in [1.29, 1.82) is 5.26 Å². The van der Waals surface area contributed by atoms with Gasteiger partial charge in [-0.3, -0.25) is 0 Å². The van der Waals surface area contributed by atoms with E-state index in [0.717, 1.165) is 0 Å². The minimum absolute atomic E-state index is 0.0405. The van der Waals surface area contributed by atoms with E-state index >= 15 is 0 Å². The van der Waals surface area contributed by atoms with E-state index in [1.165, 1.54) is 0 Å². The summed E-state index contributed by atoms with van der Waals surface area (Å²) in [6.45, 7) is 3.37. The maximum absolute atomic E-state index is 10.1. The van der Waals surface area contributed by atoms with Crippen LogP contribution in [0.5, 0.6) is 0 Å². The zero-order valence-electron chi connectivity index (χ0n) is 6.05. The molecule has 0 unspecified atom stereocenters. The van der Waals surface area contributed by atoms with Crippen LogP contribution >= 0.6 is 0 Å². The number of primary amides is 1. The van der Waals surface area contributed by atoms with Crippen LogP contribution in [0.2, 0.25) is 0 Å². The first-order valence-electron chi connectivity index (χ1n) is 2.81. The Bertz CT molecular complexity index is 169.